The first-order chi connectivity index (χ1) is 8.68. The van der Waals surface area contributed by atoms with Gasteiger partial charge in [-0.05, 0) is 32.1 Å². The molecular formula is C15H28O3. The van der Waals surface area contributed by atoms with Crippen LogP contribution in [0.2, 0.25) is 0 Å². The summed E-state index contributed by atoms with van der Waals surface area (Å²) in [6.07, 6.45) is 14.0. The van der Waals surface area contributed by atoms with E-state index >= 15 is 0 Å². The first kappa shape index (κ1) is 17.2. The van der Waals surface area contributed by atoms with E-state index in [1.807, 2.05) is 0 Å². The van der Waals surface area contributed by atoms with Gasteiger partial charge in [0.05, 0.1) is 0 Å². The Hall–Kier alpha value is -0.830. The average molecular weight is 256 g/mol. The van der Waals surface area contributed by atoms with Crippen molar-refractivity contribution in [3.8, 4) is 0 Å². The van der Waals surface area contributed by atoms with E-state index in [9.17, 15) is 4.79 Å². The molecule has 0 aromatic heterocycles. The van der Waals surface area contributed by atoms with Crippen LogP contribution in [0.3, 0.4) is 0 Å². The fraction of sp³-hybridized carbons (Fsp3) is 0.800. The summed E-state index contributed by atoms with van der Waals surface area (Å²) in [7, 11) is 0. The summed E-state index contributed by atoms with van der Waals surface area (Å²) in [5.74, 6) is -1.11. The third-order valence-electron chi connectivity index (χ3n) is 3.02. The van der Waals surface area contributed by atoms with Gasteiger partial charge in [-0.2, -0.15) is 0 Å². The van der Waals surface area contributed by atoms with Gasteiger partial charge in [-0.25, -0.2) is 4.79 Å². The van der Waals surface area contributed by atoms with Crippen LogP contribution in [-0.2, 0) is 4.79 Å². The van der Waals surface area contributed by atoms with Gasteiger partial charge in [0, 0.05) is 0 Å². The zero-order valence-electron chi connectivity index (χ0n) is 11.6. The van der Waals surface area contributed by atoms with E-state index in [-0.39, 0.29) is 0 Å². The number of aliphatic hydroxyl groups excluding tert-OH is 1. The quantitative estimate of drug-likeness (QED) is 0.411. The molecule has 0 amide bonds. The summed E-state index contributed by atoms with van der Waals surface area (Å²) >= 11 is 0. The second kappa shape index (κ2) is 12.6. The van der Waals surface area contributed by atoms with Gasteiger partial charge in [0.25, 0.3) is 0 Å². The van der Waals surface area contributed by atoms with Crippen LogP contribution in [0.1, 0.15) is 71.1 Å². The number of aliphatic hydroxyl groups is 1. The van der Waals surface area contributed by atoms with Crippen LogP contribution in [0.5, 0.6) is 0 Å². The first-order valence-electron chi connectivity index (χ1n) is 7.24. The first-order valence-corrected chi connectivity index (χ1v) is 7.24. The third kappa shape index (κ3) is 11.6. The second-order valence-electron chi connectivity index (χ2n) is 4.81. The molecule has 0 heterocycles. The maximum absolute atomic E-state index is 10.4. The van der Waals surface area contributed by atoms with E-state index in [1.54, 1.807) is 0 Å². The van der Waals surface area contributed by atoms with Gasteiger partial charge in [-0.1, -0.05) is 51.2 Å². The second-order valence-corrected chi connectivity index (χ2v) is 4.81. The Morgan fingerprint density at radius 2 is 1.56 bits per heavy atom. The topological polar surface area (TPSA) is 57.5 Å². The van der Waals surface area contributed by atoms with E-state index < -0.39 is 12.1 Å². The summed E-state index contributed by atoms with van der Waals surface area (Å²) in [5, 5.41) is 17.5. The molecule has 0 aromatic rings. The largest absolute Gasteiger partial charge is 0.479 e. The van der Waals surface area contributed by atoms with E-state index in [0.29, 0.717) is 6.42 Å². The highest BCUT2D eigenvalue weighted by Gasteiger charge is 2.11. The zero-order chi connectivity index (χ0) is 13.6. The number of hydrogen-bond donors (Lipinski definition) is 2. The molecule has 18 heavy (non-hydrogen) atoms. The van der Waals surface area contributed by atoms with E-state index in [0.717, 1.165) is 32.1 Å². The highest BCUT2D eigenvalue weighted by atomic mass is 16.4. The van der Waals surface area contributed by atoms with Gasteiger partial charge in [-0.15, -0.1) is 0 Å². The number of carbonyl (C=O) groups is 1. The highest BCUT2D eigenvalue weighted by Crippen LogP contribution is 2.08. The Labute approximate surface area is 111 Å². The third-order valence-corrected chi connectivity index (χ3v) is 3.02. The molecule has 0 spiro atoms. The summed E-state index contributed by atoms with van der Waals surface area (Å²) in [4.78, 5) is 10.4. The van der Waals surface area contributed by atoms with E-state index in [1.165, 1.54) is 25.7 Å². The van der Waals surface area contributed by atoms with Crippen molar-refractivity contribution in [1.29, 1.82) is 0 Å². The SMILES string of the molecule is CCCCC/C=C\CCCCCCC(O)C(=O)O. The molecule has 0 fully saturated rings. The Kier molecular flexibility index (Phi) is 12.0. The van der Waals surface area contributed by atoms with Crippen molar-refractivity contribution in [2.24, 2.45) is 0 Å². The van der Waals surface area contributed by atoms with Crippen LogP contribution in [0.25, 0.3) is 0 Å². The molecule has 0 radical (unpaired) electrons. The van der Waals surface area contributed by atoms with Gasteiger partial charge in [0.1, 0.15) is 0 Å². The zero-order valence-corrected chi connectivity index (χ0v) is 11.6. The summed E-state index contributed by atoms with van der Waals surface area (Å²) < 4.78 is 0. The molecule has 1 atom stereocenters. The molecule has 0 aliphatic rings. The predicted molar refractivity (Wildman–Crippen MR) is 74.6 cm³/mol. The number of unbranched alkanes of at least 4 members (excludes halogenated alkanes) is 7. The van der Waals surface area contributed by atoms with Crippen LogP contribution in [0, 0.1) is 0 Å². The molecule has 0 rings (SSSR count). The van der Waals surface area contributed by atoms with E-state index in [2.05, 4.69) is 19.1 Å². The van der Waals surface area contributed by atoms with Crippen molar-refractivity contribution < 1.29 is 15.0 Å². The van der Waals surface area contributed by atoms with Crippen LogP contribution in [-0.4, -0.2) is 22.3 Å². The lowest BCUT2D eigenvalue weighted by Crippen LogP contribution is -2.18. The fourth-order valence-corrected chi connectivity index (χ4v) is 1.82. The minimum atomic E-state index is -1.18. The molecule has 1 unspecified atom stereocenters. The lowest BCUT2D eigenvalue weighted by molar-refractivity contribution is -0.146. The lowest BCUT2D eigenvalue weighted by atomic mass is 10.1. The van der Waals surface area contributed by atoms with Crippen molar-refractivity contribution in [2.75, 3.05) is 0 Å². The van der Waals surface area contributed by atoms with Gasteiger partial charge in [0.15, 0.2) is 6.10 Å². The molecule has 0 aromatic carbocycles. The Bertz CT molecular complexity index is 224. The molecule has 0 bridgehead atoms. The number of rotatable bonds is 12. The van der Waals surface area contributed by atoms with Crippen molar-refractivity contribution in [3.05, 3.63) is 12.2 Å². The van der Waals surface area contributed by atoms with Gasteiger partial charge < -0.3 is 10.2 Å². The number of carboxylic acid groups (broad SMARTS) is 1. The van der Waals surface area contributed by atoms with Crippen molar-refractivity contribution in [1.82, 2.24) is 0 Å². The van der Waals surface area contributed by atoms with Crippen LogP contribution in [0.15, 0.2) is 12.2 Å². The maximum Gasteiger partial charge on any atom is 0.332 e. The van der Waals surface area contributed by atoms with Crippen LogP contribution < -0.4 is 0 Å². The Morgan fingerprint density at radius 3 is 2.11 bits per heavy atom. The normalized spacial score (nSPS) is 13.0. The molecule has 0 saturated carbocycles. The van der Waals surface area contributed by atoms with Gasteiger partial charge >= 0.3 is 5.97 Å². The van der Waals surface area contributed by atoms with Gasteiger partial charge in [-0.3, -0.25) is 0 Å². The highest BCUT2D eigenvalue weighted by molar-refractivity contribution is 5.71. The Morgan fingerprint density at radius 1 is 1.00 bits per heavy atom. The van der Waals surface area contributed by atoms with Crippen molar-refractivity contribution in [3.63, 3.8) is 0 Å². The Balaban J connectivity index is 3.18. The molecule has 3 nitrogen and oxygen atoms in total. The summed E-state index contributed by atoms with van der Waals surface area (Å²) in [6, 6.07) is 0. The van der Waals surface area contributed by atoms with E-state index in [4.69, 9.17) is 10.2 Å². The van der Waals surface area contributed by atoms with Crippen LogP contribution in [0.4, 0.5) is 0 Å². The number of aliphatic carboxylic acids is 1. The number of allylic oxidation sites excluding steroid dienone is 2. The lowest BCUT2D eigenvalue weighted by Gasteiger charge is -2.04. The molecule has 0 saturated heterocycles. The monoisotopic (exact) mass is 256 g/mol. The van der Waals surface area contributed by atoms with Crippen LogP contribution >= 0.6 is 0 Å². The average Bonchev–Trinajstić information content (AvgIpc) is 2.35. The number of carboxylic acids is 1. The van der Waals surface area contributed by atoms with Crippen molar-refractivity contribution in [2.45, 2.75) is 77.2 Å². The summed E-state index contributed by atoms with van der Waals surface area (Å²) in [5.41, 5.74) is 0. The number of hydrogen-bond acceptors (Lipinski definition) is 2. The smallest absolute Gasteiger partial charge is 0.332 e. The molecule has 0 aliphatic carbocycles. The minimum absolute atomic E-state index is 0.377. The fourth-order valence-electron chi connectivity index (χ4n) is 1.82. The van der Waals surface area contributed by atoms with Crippen molar-refractivity contribution >= 4 is 5.97 Å². The maximum atomic E-state index is 10.4. The molecule has 106 valence electrons. The summed E-state index contributed by atoms with van der Waals surface area (Å²) in [6.45, 7) is 2.21. The standard InChI is InChI=1S/C15H28O3/c1-2-3-4-5-6-7-8-9-10-11-12-13-14(16)15(17)18/h6-7,14,16H,2-5,8-13H2,1H3,(H,17,18)/b7-6-. The predicted octanol–water partition coefficient (Wildman–Crippen LogP) is 3.91. The molecular weight excluding hydrogens is 228 g/mol. The van der Waals surface area contributed by atoms with Gasteiger partial charge in [0.2, 0.25) is 0 Å². The molecule has 2 N–H and O–H groups in total. The minimum Gasteiger partial charge on any atom is -0.479 e. The molecule has 0 aliphatic heterocycles. The molecule has 3 heteroatoms.